The molecule has 0 amide bonds. The summed E-state index contributed by atoms with van der Waals surface area (Å²) < 4.78 is 84.3. The molecule has 1 aliphatic rings. The fraction of sp³-hybridized carbons (Fsp3) is 0.556. The third-order valence-electron chi connectivity index (χ3n) is 6.40. The van der Waals surface area contributed by atoms with Gasteiger partial charge in [-0.15, -0.1) is 0 Å². The third kappa shape index (κ3) is 8.54. The number of benzene rings is 2. The molecule has 0 saturated carbocycles. The second kappa shape index (κ2) is 13.2. The van der Waals surface area contributed by atoms with E-state index in [9.17, 15) is 16.8 Å². The van der Waals surface area contributed by atoms with Gasteiger partial charge in [-0.05, 0) is 52.0 Å². The summed E-state index contributed by atoms with van der Waals surface area (Å²) >= 11 is 0. The van der Waals surface area contributed by atoms with Gasteiger partial charge in [0.1, 0.15) is 12.2 Å². The minimum absolute atomic E-state index is 0.0709. The van der Waals surface area contributed by atoms with Gasteiger partial charge in [-0.3, -0.25) is 8.37 Å². The van der Waals surface area contributed by atoms with Crippen LogP contribution in [0.3, 0.4) is 0 Å². The molecule has 0 aromatic heterocycles. The van der Waals surface area contributed by atoms with Gasteiger partial charge < -0.3 is 18.9 Å². The summed E-state index contributed by atoms with van der Waals surface area (Å²) in [6.07, 6.45) is -2.10. The highest BCUT2D eigenvalue weighted by Crippen LogP contribution is 2.35. The molecule has 0 unspecified atom stereocenters. The molecular formula is C27H38O10S2. The number of hydrogen-bond donors (Lipinski definition) is 0. The lowest BCUT2D eigenvalue weighted by Crippen LogP contribution is -2.44. The Kier molecular flexibility index (Phi) is 10.7. The van der Waals surface area contributed by atoms with Crippen molar-refractivity contribution in [2.75, 3.05) is 27.4 Å². The maximum Gasteiger partial charge on any atom is 0.296 e. The molecular weight excluding hydrogens is 548 g/mol. The van der Waals surface area contributed by atoms with Gasteiger partial charge in [0.2, 0.25) is 0 Å². The van der Waals surface area contributed by atoms with E-state index in [2.05, 4.69) is 0 Å². The molecule has 1 heterocycles. The Hall–Kier alpha value is -1.90. The summed E-state index contributed by atoms with van der Waals surface area (Å²) in [6.45, 7) is 6.94. The maximum absolute atomic E-state index is 12.6. The largest absolute Gasteiger partial charge is 0.379 e. The molecule has 39 heavy (non-hydrogen) atoms. The highest BCUT2D eigenvalue weighted by Gasteiger charge is 2.49. The zero-order chi connectivity index (χ0) is 28.8. The first-order chi connectivity index (χ1) is 18.3. The van der Waals surface area contributed by atoms with Crippen LogP contribution in [-0.2, 0) is 47.5 Å². The van der Waals surface area contributed by atoms with Gasteiger partial charge in [0.15, 0.2) is 5.79 Å². The molecule has 1 saturated heterocycles. The minimum Gasteiger partial charge on any atom is -0.379 e. The van der Waals surface area contributed by atoms with E-state index in [4.69, 9.17) is 27.3 Å². The highest BCUT2D eigenvalue weighted by molar-refractivity contribution is 7.87. The van der Waals surface area contributed by atoms with Gasteiger partial charge in [0, 0.05) is 27.1 Å². The van der Waals surface area contributed by atoms with Crippen LogP contribution in [0.5, 0.6) is 0 Å². The highest BCUT2D eigenvalue weighted by atomic mass is 32.2. The van der Waals surface area contributed by atoms with Gasteiger partial charge in [-0.2, -0.15) is 16.8 Å². The molecule has 0 aliphatic carbocycles. The van der Waals surface area contributed by atoms with E-state index in [-0.39, 0.29) is 35.8 Å². The summed E-state index contributed by atoms with van der Waals surface area (Å²) in [6, 6.07) is 12.8. The number of ether oxygens (including phenoxy) is 4. The average molecular weight is 587 g/mol. The maximum atomic E-state index is 12.6. The second-order valence-electron chi connectivity index (χ2n) is 9.87. The van der Waals surface area contributed by atoms with Crippen LogP contribution in [-0.4, -0.2) is 74.5 Å². The Morgan fingerprint density at radius 3 is 1.33 bits per heavy atom. The summed E-state index contributed by atoms with van der Waals surface area (Å²) in [5.74, 6) is -0.980. The van der Waals surface area contributed by atoms with Crippen LogP contribution in [0, 0.1) is 13.8 Å². The Morgan fingerprint density at radius 1 is 0.692 bits per heavy atom. The van der Waals surface area contributed by atoms with E-state index in [0.717, 1.165) is 11.1 Å². The fourth-order valence-electron chi connectivity index (χ4n) is 4.32. The van der Waals surface area contributed by atoms with Gasteiger partial charge >= 0.3 is 0 Å². The molecule has 0 bridgehead atoms. The molecule has 12 heteroatoms. The first-order valence-electron chi connectivity index (χ1n) is 12.6. The van der Waals surface area contributed by atoms with Crippen LogP contribution >= 0.6 is 0 Å². The SMILES string of the molecule is CO[C@@H](CCOS(=O)(=O)c1ccc(C)cc1)[C@@H]1OC(C)(C)O[C@H]1[C@H](CCOS(=O)(=O)c1ccc(C)cc1)OC. The predicted molar refractivity (Wildman–Crippen MR) is 143 cm³/mol. The Balaban J connectivity index is 1.63. The van der Waals surface area contributed by atoms with Gasteiger partial charge in [-0.1, -0.05) is 35.4 Å². The van der Waals surface area contributed by atoms with Crippen molar-refractivity contribution in [2.24, 2.45) is 0 Å². The van der Waals surface area contributed by atoms with Crippen molar-refractivity contribution in [2.45, 2.75) is 80.5 Å². The number of hydrogen-bond acceptors (Lipinski definition) is 10. The molecule has 10 nitrogen and oxygen atoms in total. The number of rotatable bonds is 14. The van der Waals surface area contributed by atoms with Gasteiger partial charge in [0.05, 0.1) is 35.2 Å². The van der Waals surface area contributed by atoms with E-state index in [1.54, 1.807) is 38.1 Å². The summed E-state index contributed by atoms with van der Waals surface area (Å²) in [5, 5.41) is 0. The van der Waals surface area contributed by atoms with E-state index < -0.39 is 50.4 Å². The molecule has 218 valence electrons. The van der Waals surface area contributed by atoms with Gasteiger partial charge in [-0.25, -0.2) is 0 Å². The lowest BCUT2D eigenvalue weighted by Gasteiger charge is -2.29. The van der Waals surface area contributed by atoms with Crippen LogP contribution in [0.1, 0.15) is 37.8 Å². The van der Waals surface area contributed by atoms with Gasteiger partial charge in [0.25, 0.3) is 20.2 Å². The molecule has 0 N–H and O–H groups in total. The predicted octanol–water partition coefficient (Wildman–Crippen LogP) is 3.74. The van der Waals surface area contributed by atoms with Crippen molar-refractivity contribution < 1.29 is 44.1 Å². The topological polar surface area (TPSA) is 124 Å². The monoisotopic (exact) mass is 586 g/mol. The zero-order valence-corrected chi connectivity index (χ0v) is 24.8. The fourth-order valence-corrected chi connectivity index (χ4v) is 6.16. The molecule has 0 spiro atoms. The van der Waals surface area contributed by atoms with Crippen molar-refractivity contribution in [1.29, 1.82) is 0 Å². The first kappa shape index (κ1) is 31.6. The van der Waals surface area contributed by atoms with E-state index in [1.165, 1.54) is 38.5 Å². The molecule has 3 rings (SSSR count). The lowest BCUT2D eigenvalue weighted by molar-refractivity contribution is -0.164. The van der Waals surface area contributed by atoms with Crippen molar-refractivity contribution >= 4 is 20.2 Å². The molecule has 2 aromatic carbocycles. The van der Waals surface area contributed by atoms with Crippen LogP contribution < -0.4 is 0 Å². The molecule has 0 radical (unpaired) electrons. The normalized spacial score (nSPS) is 21.1. The second-order valence-corrected chi connectivity index (χ2v) is 13.1. The molecule has 1 aliphatic heterocycles. The van der Waals surface area contributed by atoms with Crippen molar-refractivity contribution in [3.05, 3.63) is 59.7 Å². The number of methoxy groups -OCH3 is 2. The molecule has 1 fully saturated rings. The van der Waals surface area contributed by atoms with E-state index in [1.807, 2.05) is 13.8 Å². The number of aryl methyl sites for hydroxylation is 2. The summed E-state index contributed by atoms with van der Waals surface area (Å²) in [7, 11) is -4.90. The van der Waals surface area contributed by atoms with E-state index in [0.29, 0.717) is 0 Å². The van der Waals surface area contributed by atoms with Crippen LogP contribution in [0.15, 0.2) is 58.3 Å². The van der Waals surface area contributed by atoms with Crippen LogP contribution in [0.2, 0.25) is 0 Å². The Morgan fingerprint density at radius 2 is 1.03 bits per heavy atom. The van der Waals surface area contributed by atoms with Crippen molar-refractivity contribution in [3.63, 3.8) is 0 Å². The Labute approximate surface area is 231 Å². The zero-order valence-electron chi connectivity index (χ0n) is 23.2. The summed E-state index contributed by atoms with van der Waals surface area (Å²) in [5.41, 5.74) is 1.87. The summed E-state index contributed by atoms with van der Waals surface area (Å²) in [4.78, 5) is 0.142. The quantitative estimate of drug-likeness (QED) is 0.302. The third-order valence-corrected chi connectivity index (χ3v) is 9.06. The Bertz CT molecular complexity index is 1170. The van der Waals surface area contributed by atoms with Crippen LogP contribution in [0.4, 0.5) is 0 Å². The average Bonchev–Trinajstić information content (AvgIpc) is 3.19. The first-order valence-corrected chi connectivity index (χ1v) is 15.4. The van der Waals surface area contributed by atoms with E-state index >= 15 is 0 Å². The molecule has 2 aromatic rings. The smallest absolute Gasteiger partial charge is 0.296 e. The lowest BCUT2D eigenvalue weighted by atomic mass is 9.99. The standard InChI is InChI=1S/C27H38O10S2/c1-19-7-11-21(12-8-19)38(28,29)34-17-15-23(32-5)25-26(37-27(3,4)36-25)24(33-6)16-18-35-39(30,31)22-13-9-20(2)10-14-22/h7-14,23-26H,15-18H2,1-6H3/t23-,24-,25-,26-/m0/s1. The van der Waals surface area contributed by atoms with Crippen LogP contribution in [0.25, 0.3) is 0 Å². The minimum atomic E-state index is -3.94. The van der Waals surface area contributed by atoms with Crippen molar-refractivity contribution in [3.8, 4) is 0 Å². The molecule has 4 atom stereocenters. The van der Waals surface area contributed by atoms with Crippen molar-refractivity contribution in [1.82, 2.24) is 0 Å².